The molecule has 0 amide bonds. The molecule has 0 aromatic carbocycles. The fourth-order valence-electron chi connectivity index (χ4n) is 2.03. The van der Waals surface area contributed by atoms with Gasteiger partial charge in [-0.05, 0) is 12.5 Å². The molecule has 1 aliphatic rings. The van der Waals surface area contributed by atoms with Crippen molar-refractivity contribution in [3.05, 3.63) is 24.3 Å². The first kappa shape index (κ1) is 14.6. The predicted octanol–water partition coefficient (Wildman–Crippen LogP) is 2.35. The first-order chi connectivity index (χ1) is 8.58. The fraction of sp³-hybridized carbons (Fsp3) is 0.571. The highest BCUT2D eigenvalue weighted by Crippen LogP contribution is 2.31. The van der Waals surface area contributed by atoms with Crippen molar-refractivity contribution >= 4 is 11.8 Å². The van der Waals surface area contributed by atoms with E-state index in [9.17, 15) is 14.7 Å². The Labute approximate surface area is 107 Å². The zero-order valence-corrected chi connectivity index (χ0v) is 10.9. The molecule has 4 nitrogen and oxygen atoms in total. The minimum Gasteiger partial charge on any atom is -0.481 e. The van der Waals surface area contributed by atoms with Gasteiger partial charge in [-0.1, -0.05) is 38.5 Å². The van der Waals surface area contributed by atoms with Gasteiger partial charge in [0.05, 0.1) is 0 Å². The smallest absolute Gasteiger partial charge is 0.314 e. The second-order valence-corrected chi connectivity index (χ2v) is 4.33. The van der Waals surface area contributed by atoms with Crippen molar-refractivity contribution in [1.82, 2.24) is 0 Å². The summed E-state index contributed by atoms with van der Waals surface area (Å²) in [6, 6.07) is 0. The number of carbonyl (C=O) groups is 2. The Morgan fingerprint density at radius 2 is 2.06 bits per heavy atom. The van der Waals surface area contributed by atoms with Crippen LogP contribution < -0.4 is 0 Å². The van der Waals surface area contributed by atoms with Crippen LogP contribution in [0.5, 0.6) is 0 Å². The van der Waals surface area contributed by atoms with E-state index in [1.54, 1.807) is 25.2 Å². The van der Waals surface area contributed by atoms with Crippen LogP contribution in [0.25, 0.3) is 0 Å². The fourth-order valence-corrected chi connectivity index (χ4v) is 2.03. The average Bonchev–Trinajstić information content (AvgIpc) is 2.38. The Kier molecular flexibility index (Phi) is 5.28. The quantitative estimate of drug-likeness (QED) is 0.706. The molecular weight excluding hydrogens is 232 g/mol. The van der Waals surface area contributed by atoms with Crippen LogP contribution in [0.4, 0.5) is 0 Å². The topological polar surface area (TPSA) is 63.6 Å². The molecule has 0 saturated carbocycles. The van der Waals surface area contributed by atoms with Gasteiger partial charge in [-0.25, -0.2) is 0 Å². The highest BCUT2D eigenvalue weighted by atomic mass is 16.5. The second kappa shape index (κ2) is 6.50. The Bertz CT molecular complexity index is 370. The highest BCUT2D eigenvalue weighted by molar-refractivity contribution is 5.95. The molecule has 18 heavy (non-hydrogen) atoms. The molecule has 1 rings (SSSR count). The first-order valence-corrected chi connectivity index (χ1v) is 6.34. The molecule has 0 saturated heterocycles. The van der Waals surface area contributed by atoms with Crippen molar-refractivity contribution < 1.29 is 19.4 Å². The van der Waals surface area contributed by atoms with E-state index in [1.807, 2.05) is 6.92 Å². The van der Waals surface area contributed by atoms with E-state index in [2.05, 4.69) is 0 Å². The van der Waals surface area contributed by atoms with Crippen molar-refractivity contribution in [3.63, 3.8) is 0 Å². The molecule has 0 fully saturated rings. The summed E-state index contributed by atoms with van der Waals surface area (Å²) in [6.07, 6.45) is 8.42. The minimum atomic E-state index is -1.33. The summed E-state index contributed by atoms with van der Waals surface area (Å²) >= 11 is 0. The second-order valence-electron chi connectivity index (χ2n) is 4.33. The summed E-state index contributed by atoms with van der Waals surface area (Å²) in [4.78, 5) is 23.4. The van der Waals surface area contributed by atoms with E-state index >= 15 is 0 Å². The van der Waals surface area contributed by atoms with Gasteiger partial charge in [-0.3, -0.25) is 9.59 Å². The molecule has 1 N–H and O–H groups in total. The van der Waals surface area contributed by atoms with Crippen LogP contribution in [0.15, 0.2) is 24.3 Å². The molecule has 0 spiro atoms. The van der Waals surface area contributed by atoms with Crippen molar-refractivity contribution in [3.8, 4) is 0 Å². The van der Waals surface area contributed by atoms with E-state index in [4.69, 9.17) is 4.74 Å². The van der Waals surface area contributed by atoms with E-state index in [-0.39, 0.29) is 12.2 Å². The number of carboxylic acid groups (broad SMARTS) is 1. The number of unbranched alkanes of at least 4 members (excludes halogenated alkanes) is 1. The standard InChI is InChI=1S/C14H20O4/c1-3-5-10-18-14(12(15)4-2)9-7-6-8-11(14)13(16)17/h6-9,11H,3-5,10H2,1-2H3,(H,16,17). The number of rotatable bonds is 7. The minimum absolute atomic E-state index is 0.188. The van der Waals surface area contributed by atoms with Crippen LogP contribution in [-0.2, 0) is 14.3 Å². The summed E-state index contributed by atoms with van der Waals surface area (Å²) < 4.78 is 5.67. The molecule has 0 aliphatic heterocycles. The number of hydrogen-bond acceptors (Lipinski definition) is 3. The number of carboxylic acids is 1. The molecule has 0 bridgehead atoms. The molecule has 1 aliphatic carbocycles. The number of Topliss-reactive ketones (excluding diaryl/α,β-unsaturated/α-hetero) is 1. The van der Waals surface area contributed by atoms with Crippen LogP contribution in [0.1, 0.15) is 33.1 Å². The van der Waals surface area contributed by atoms with Crippen LogP contribution in [0, 0.1) is 5.92 Å². The summed E-state index contributed by atoms with van der Waals surface area (Å²) in [5.41, 5.74) is -1.33. The Hall–Kier alpha value is -1.42. The Morgan fingerprint density at radius 1 is 1.33 bits per heavy atom. The van der Waals surface area contributed by atoms with Gasteiger partial charge < -0.3 is 9.84 Å². The third kappa shape index (κ3) is 2.88. The van der Waals surface area contributed by atoms with Gasteiger partial charge >= 0.3 is 5.97 Å². The van der Waals surface area contributed by atoms with E-state index in [1.165, 1.54) is 6.08 Å². The van der Waals surface area contributed by atoms with Gasteiger partial charge in [0, 0.05) is 13.0 Å². The van der Waals surface area contributed by atoms with Crippen molar-refractivity contribution in [1.29, 1.82) is 0 Å². The molecule has 4 heteroatoms. The summed E-state index contributed by atoms with van der Waals surface area (Å²) in [5.74, 6) is -2.16. The monoisotopic (exact) mass is 252 g/mol. The van der Waals surface area contributed by atoms with Crippen LogP contribution in [0.2, 0.25) is 0 Å². The van der Waals surface area contributed by atoms with Crippen molar-refractivity contribution in [2.45, 2.75) is 38.7 Å². The molecule has 0 aromatic rings. The third-order valence-electron chi connectivity index (χ3n) is 3.08. The zero-order valence-electron chi connectivity index (χ0n) is 10.9. The number of ether oxygens (including phenoxy) is 1. The normalized spacial score (nSPS) is 26.2. The lowest BCUT2D eigenvalue weighted by atomic mass is 9.79. The zero-order chi connectivity index (χ0) is 13.6. The molecule has 0 aromatic heterocycles. The van der Waals surface area contributed by atoms with Crippen molar-refractivity contribution in [2.24, 2.45) is 5.92 Å². The van der Waals surface area contributed by atoms with E-state index in [0.29, 0.717) is 6.61 Å². The third-order valence-corrected chi connectivity index (χ3v) is 3.08. The largest absolute Gasteiger partial charge is 0.481 e. The van der Waals surface area contributed by atoms with Crippen LogP contribution >= 0.6 is 0 Å². The summed E-state index contributed by atoms with van der Waals surface area (Å²) in [5, 5.41) is 9.26. The SMILES string of the molecule is CCCCOC1(C(=O)CC)C=CC=CC1C(=O)O. The van der Waals surface area contributed by atoms with Gasteiger partial charge in [-0.2, -0.15) is 0 Å². The van der Waals surface area contributed by atoms with Crippen LogP contribution in [0.3, 0.4) is 0 Å². The van der Waals surface area contributed by atoms with E-state index in [0.717, 1.165) is 12.8 Å². The molecule has 0 radical (unpaired) electrons. The van der Waals surface area contributed by atoms with Gasteiger partial charge in [0.2, 0.25) is 0 Å². The predicted molar refractivity (Wildman–Crippen MR) is 68.3 cm³/mol. The maximum Gasteiger partial charge on any atom is 0.314 e. The lowest BCUT2D eigenvalue weighted by Crippen LogP contribution is -2.50. The molecule has 2 atom stereocenters. The maximum absolute atomic E-state index is 12.1. The molecule has 2 unspecified atom stereocenters. The number of hydrogen-bond donors (Lipinski definition) is 1. The Morgan fingerprint density at radius 3 is 2.61 bits per heavy atom. The number of allylic oxidation sites excluding steroid dienone is 2. The number of ketones is 1. The highest BCUT2D eigenvalue weighted by Gasteiger charge is 2.47. The molecule has 0 heterocycles. The van der Waals surface area contributed by atoms with Gasteiger partial charge in [0.1, 0.15) is 5.92 Å². The summed E-state index contributed by atoms with van der Waals surface area (Å²) in [6.45, 7) is 4.13. The lowest BCUT2D eigenvalue weighted by Gasteiger charge is -2.34. The lowest BCUT2D eigenvalue weighted by molar-refractivity contribution is -0.159. The Balaban J connectivity index is 3.01. The maximum atomic E-state index is 12.1. The number of carbonyl (C=O) groups excluding carboxylic acids is 1. The molecule has 100 valence electrons. The summed E-state index contributed by atoms with van der Waals surface area (Å²) in [7, 11) is 0. The molecular formula is C14H20O4. The van der Waals surface area contributed by atoms with Gasteiger partial charge in [0.25, 0.3) is 0 Å². The van der Waals surface area contributed by atoms with Gasteiger partial charge in [-0.15, -0.1) is 0 Å². The first-order valence-electron chi connectivity index (χ1n) is 6.34. The number of aliphatic carboxylic acids is 1. The van der Waals surface area contributed by atoms with E-state index < -0.39 is 17.5 Å². The van der Waals surface area contributed by atoms with Crippen LogP contribution in [-0.4, -0.2) is 29.1 Å². The van der Waals surface area contributed by atoms with Gasteiger partial charge in [0.15, 0.2) is 11.4 Å². The average molecular weight is 252 g/mol. The van der Waals surface area contributed by atoms with Crippen molar-refractivity contribution in [2.75, 3.05) is 6.61 Å².